The van der Waals surface area contributed by atoms with Gasteiger partial charge in [0.1, 0.15) is 10.4 Å². The summed E-state index contributed by atoms with van der Waals surface area (Å²) in [5.74, 6) is 0.874. The number of methoxy groups -OCH3 is 1. The fraction of sp³-hybridized carbons (Fsp3) is 0.125. The Hall–Kier alpha value is -0.610. The molecule has 12 heavy (non-hydrogen) atoms. The molecule has 0 radical (unpaired) electrons. The van der Waals surface area contributed by atoms with Crippen LogP contribution in [-0.2, 0) is 0 Å². The molecule has 2 rings (SSSR count). The summed E-state index contributed by atoms with van der Waals surface area (Å²) >= 11 is 4.84. The van der Waals surface area contributed by atoms with E-state index in [4.69, 9.17) is 4.74 Å². The predicted molar refractivity (Wildman–Crippen MR) is 53.9 cm³/mol. The molecule has 1 aromatic heterocycles. The van der Waals surface area contributed by atoms with E-state index in [0.29, 0.717) is 0 Å². The number of rotatable bonds is 1. The van der Waals surface area contributed by atoms with Crippen molar-refractivity contribution in [2.75, 3.05) is 7.11 Å². The first-order chi connectivity index (χ1) is 5.81. The van der Waals surface area contributed by atoms with Gasteiger partial charge in [-0.05, 0) is 45.7 Å². The monoisotopic (exact) mass is 243 g/mol. The van der Waals surface area contributed by atoms with E-state index in [1.54, 1.807) is 7.11 Å². The van der Waals surface area contributed by atoms with Crippen molar-refractivity contribution in [2.24, 2.45) is 0 Å². The van der Waals surface area contributed by atoms with Crippen molar-refractivity contribution in [1.29, 1.82) is 0 Å². The van der Waals surface area contributed by atoms with Crippen molar-refractivity contribution in [3.63, 3.8) is 0 Å². The Morgan fingerprint density at radius 1 is 1.50 bits per heavy atom. The van der Waals surface area contributed by atoms with E-state index in [0.717, 1.165) is 20.4 Å². The molecule has 0 spiro atoms. The van der Waals surface area contributed by atoms with Crippen LogP contribution >= 0.6 is 27.5 Å². The number of halogens is 1. The van der Waals surface area contributed by atoms with E-state index < -0.39 is 0 Å². The van der Waals surface area contributed by atoms with Crippen LogP contribution in [0.4, 0.5) is 0 Å². The average molecular weight is 244 g/mol. The normalized spacial score (nSPS) is 10.5. The summed E-state index contributed by atoms with van der Waals surface area (Å²) in [6.45, 7) is 0. The molecule has 2 nitrogen and oxygen atoms in total. The van der Waals surface area contributed by atoms with E-state index in [1.165, 1.54) is 11.5 Å². The van der Waals surface area contributed by atoms with Crippen molar-refractivity contribution in [1.82, 2.24) is 4.37 Å². The maximum Gasteiger partial charge on any atom is 0.127 e. The summed E-state index contributed by atoms with van der Waals surface area (Å²) in [5.41, 5.74) is 0. The fourth-order valence-corrected chi connectivity index (χ4v) is 2.42. The molecule has 0 unspecified atom stereocenters. The summed E-state index contributed by atoms with van der Waals surface area (Å²) in [6.07, 6.45) is 0. The number of aromatic nitrogens is 1. The van der Waals surface area contributed by atoms with E-state index in [9.17, 15) is 0 Å². The second-order valence-electron chi connectivity index (χ2n) is 2.34. The summed E-state index contributed by atoms with van der Waals surface area (Å²) in [7, 11) is 1.66. The largest absolute Gasteiger partial charge is 0.497 e. The number of ether oxygens (including phenoxy) is 1. The van der Waals surface area contributed by atoms with Gasteiger partial charge in [-0.1, -0.05) is 0 Å². The molecule has 4 heteroatoms. The Kier molecular flexibility index (Phi) is 2.02. The lowest BCUT2D eigenvalue weighted by Gasteiger charge is -1.97. The zero-order valence-electron chi connectivity index (χ0n) is 6.37. The number of nitrogens with zero attached hydrogens (tertiary/aromatic N) is 1. The van der Waals surface area contributed by atoms with Gasteiger partial charge in [0.05, 0.1) is 11.8 Å². The molecule has 1 aromatic carbocycles. The Labute approximate surface area is 82.5 Å². The molecule has 0 atom stereocenters. The zero-order chi connectivity index (χ0) is 8.55. The second kappa shape index (κ2) is 3.03. The van der Waals surface area contributed by atoms with E-state index in [2.05, 4.69) is 20.3 Å². The first kappa shape index (κ1) is 8.01. The van der Waals surface area contributed by atoms with E-state index in [1.807, 2.05) is 18.2 Å². The second-order valence-corrected chi connectivity index (χ2v) is 3.89. The van der Waals surface area contributed by atoms with Gasteiger partial charge in [0, 0.05) is 5.39 Å². The molecule has 0 aliphatic rings. The smallest absolute Gasteiger partial charge is 0.127 e. The lowest BCUT2D eigenvalue weighted by atomic mass is 10.3. The lowest BCUT2D eigenvalue weighted by molar-refractivity contribution is 0.415. The van der Waals surface area contributed by atoms with Crippen LogP contribution in [0.3, 0.4) is 0 Å². The lowest BCUT2D eigenvalue weighted by Crippen LogP contribution is -1.79. The zero-order valence-corrected chi connectivity index (χ0v) is 8.78. The maximum atomic E-state index is 5.10. The van der Waals surface area contributed by atoms with Gasteiger partial charge in [-0.2, -0.15) is 4.37 Å². The minimum Gasteiger partial charge on any atom is -0.497 e. The van der Waals surface area contributed by atoms with Crippen molar-refractivity contribution in [2.45, 2.75) is 0 Å². The van der Waals surface area contributed by atoms with Crippen LogP contribution in [0.5, 0.6) is 5.75 Å². The highest BCUT2D eigenvalue weighted by Crippen LogP contribution is 2.29. The Morgan fingerprint density at radius 3 is 3.08 bits per heavy atom. The summed E-state index contributed by atoms with van der Waals surface area (Å²) in [5, 5.41) is 1.14. The number of hydrogen-bond acceptors (Lipinski definition) is 3. The van der Waals surface area contributed by atoms with Crippen LogP contribution in [0.25, 0.3) is 10.1 Å². The molecule has 0 aliphatic heterocycles. The first-order valence-electron chi connectivity index (χ1n) is 3.40. The first-order valence-corrected chi connectivity index (χ1v) is 4.97. The molecular weight excluding hydrogens is 238 g/mol. The van der Waals surface area contributed by atoms with Gasteiger partial charge in [0.25, 0.3) is 0 Å². The minimum atomic E-state index is 0.874. The van der Waals surface area contributed by atoms with E-state index >= 15 is 0 Å². The molecule has 0 N–H and O–H groups in total. The van der Waals surface area contributed by atoms with Gasteiger partial charge >= 0.3 is 0 Å². The van der Waals surface area contributed by atoms with Gasteiger partial charge in [0.2, 0.25) is 0 Å². The summed E-state index contributed by atoms with van der Waals surface area (Å²) in [6, 6.07) is 5.92. The topological polar surface area (TPSA) is 22.1 Å². The third kappa shape index (κ3) is 1.21. The summed E-state index contributed by atoms with van der Waals surface area (Å²) < 4.78 is 11.3. The molecular formula is C8H6BrNOS. The molecule has 0 saturated heterocycles. The molecule has 0 amide bonds. The number of hydrogen-bond donors (Lipinski definition) is 0. The van der Waals surface area contributed by atoms with Crippen LogP contribution in [0, 0.1) is 0 Å². The molecule has 0 bridgehead atoms. The Bertz CT molecular complexity index is 412. The van der Waals surface area contributed by atoms with Gasteiger partial charge in [-0.3, -0.25) is 0 Å². The van der Waals surface area contributed by atoms with Gasteiger partial charge < -0.3 is 4.74 Å². The Balaban J connectivity index is 2.69. The minimum absolute atomic E-state index is 0.874. The highest BCUT2D eigenvalue weighted by molar-refractivity contribution is 9.10. The highest BCUT2D eigenvalue weighted by Gasteiger charge is 2.03. The fourth-order valence-electron chi connectivity index (χ4n) is 1.01. The number of benzene rings is 1. The van der Waals surface area contributed by atoms with Crippen molar-refractivity contribution < 1.29 is 4.74 Å². The van der Waals surface area contributed by atoms with E-state index in [-0.39, 0.29) is 0 Å². The van der Waals surface area contributed by atoms with Crippen LogP contribution in [-0.4, -0.2) is 11.5 Å². The third-order valence-electron chi connectivity index (χ3n) is 1.64. The SMILES string of the molecule is COc1ccc2c(Br)nsc2c1. The van der Waals surface area contributed by atoms with Crippen LogP contribution < -0.4 is 4.74 Å². The van der Waals surface area contributed by atoms with Crippen LogP contribution in [0.15, 0.2) is 22.8 Å². The standard InChI is InChI=1S/C8H6BrNOS/c1-11-5-2-3-6-7(4-5)12-10-8(6)9/h2-4H,1H3. The summed E-state index contributed by atoms with van der Waals surface area (Å²) in [4.78, 5) is 0. The molecule has 0 saturated carbocycles. The number of fused-ring (bicyclic) bond motifs is 1. The van der Waals surface area contributed by atoms with Gasteiger partial charge in [-0.15, -0.1) is 0 Å². The third-order valence-corrected chi connectivity index (χ3v) is 3.28. The molecule has 62 valence electrons. The average Bonchev–Trinajstić information content (AvgIpc) is 2.47. The quantitative estimate of drug-likeness (QED) is 0.769. The van der Waals surface area contributed by atoms with Crippen molar-refractivity contribution >= 4 is 37.5 Å². The van der Waals surface area contributed by atoms with Crippen LogP contribution in [0.1, 0.15) is 0 Å². The maximum absolute atomic E-state index is 5.10. The van der Waals surface area contributed by atoms with Crippen molar-refractivity contribution in [3.05, 3.63) is 22.8 Å². The van der Waals surface area contributed by atoms with Crippen molar-refractivity contribution in [3.8, 4) is 5.75 Å². The molecule has 0 fully saturated rings. The molecule has 0 aliphatic carbocycles. The van der Waals surface area contributed by atoms with Gasteiger partial charge in [0.15, 0.2) is 0 Å². The molecule has 1 heterocycles. The predicted octanol–water partition coefficient (Wildman–Crippen LogP) is 3.07. The van der Waals surface area contributed by atoms with Crippen LogP contribution in [0.2, 0.25) is 0 Å². The molecule has 2 aromatic rings. The highest BCUT2D eigenvalue weighted by atomic mass is 79.9. The van der Waals surface area contributed by atoms with Gasteiger partial charge in [-0.25, -0.2) is 0 Å². The Morgan fingerprint density at radius 2 is 2.33 bits per heavy atom.